The summed E-state index contributed by atoms with van der Waals surface area (Å²) >= 11 is 8.58. The highest BCUT2D eigenvalue weighted by Gasteiger charge is 2.15. The molecule has 1 saturated heterocycles. The van der Waals surface area contributed by atoms with Crippen molar-refractivity contribution in [2.24, 2.45) is 0 Å². The normalized spacial score (nSPS) is 15.7. The lowest BCUT2D eigenvalue weighted by Crippen LogP contribution is -2.25. The van der Waals surface area contributed by atoms with E-state index in [1.165, 1.54) is 9.13 Å². The van der Waals surface area contributed by atoms with Crippen molar-refractivity contribution in [1.29, 1.82) is 0 Å². The zero-order chi connectivity index (χ0) is 15.4. The molecule has 116 valence electrons. The van der Waals surface area contributed by atoms with Gasteiger partial charge in [-0.3, -0.25) is 0 Å². The van der Waals surface area contributed by atoms with Gasteiger partial charge in [-0.25, -0.2) is 0 Å². The van der Waals surface area contributed by atoms with Crippen LogP contribution in [0.5, 0.6) is 5.75 Å². The van der Waals surface area contributed by atoms with Gasteiger partial charge in [0.15, 0.2) is 0 Å². The Morgan fingerprint density at radius 2 is 1.82 bits per heavy atom. The van der Waals surface area contributed by atoms with E-state index in [4.69, 9.17) is 21.1 Å². The van der Waals surface area contributed by atoms with E-state index in [2.05, 4.69) is 40.8 Å². The van der Waals surface area contributed by atoms with Gasteiger partial charge in [-0.2, -0.15) is 0 Å². The predicted octanol–water partition coefficient (Wildman–Crippen LogP) is 5.09. The van der Waals surface area contributed by atoms with E-state index < -0.39 is 0 Å². The SMILES string of the molecule is Clc1ccc(I)cc1Cc1ccc(OC2CCOCC2)cc1. The molecule has 22 heavy (non-hydrogen) atoms. The zero-order valence-corrected chi connectivity index (χ0v) is 15.1. The summed E-state index contributed by atoms with van der Waals surface area (Å²) in [7, 11) is 0. The van der Waals surface area contributed by atoms with Crippen LogP contribution in [0.3, 0.4) is 0 Å². The summed E-state index contributed by atoms with van der Waals surface area (Å²) in [5.41, 5.74) is 2.40. The maximum atomic E-state index is 6.27. The van der Waals surface area contributed by atoms with Gasteiger partial charge in [0.25, 0.3) is 0 Å². The second kappa shape index (κ2) is 7.66. The maximum Gasteiger partial charge on any atom is 0.119 e. The zero-order valence-electron chi connectivity index (χ0n) is 12.2. The van der Waals surface area contributed by atoms with Crippen LogP contribution in [0, 0.1) is 3.57 Å². The van der Waals surface area contributed by atoms with Crippen molar-refractivity contribution < 1.29 is 9.47 Å². The van der Waals surface area contributed by atoms with Crippen LogP contribution in [-0.4, -0.2) is 19.3 Å². The van der Waals surface area contributed by atoms with E-state index in [0.717, 1.165) is 48.8 Å². The minimum absolute atomic E-state index is 0.282. The van der Waals surface area contributed by atoms with Crippen molar-refractivity contribution in [3.05, 3.63) is 62.2 Å². The van der Waals surface area contributed by atoms with E-state index in [1.807, 2.05) is 24.3 Å². The molecule has 0 saturated carbocycles. The summed E-state index contributed by atoms with van der Waals surface area (Å²) < 4.78 is 12.6. The van der Waals surface area contributed by atoms with E-state index in [-0.39, 0.29) is 6.10 Å². The minimum atomic E-state index is 0.282. The predicted molar refractivity (Wildman–Crippen MR) is 97.9 cm³/mol. The second-order valence-electron chi connectivity index (χ2n) is 5.49. The third kappa shape index (κ3) is 4.37. The summed E-state index contributed by atoms with van der Waals surface area (Å²) in [5.74, 6) is 0.935. The third-order valence-electron chi connectivity index (χ3n) is 3.80. The number of ether oxygens (including phenoxy) is 2. The Bertz CT molecular complexity index is 621. The van der Waals surface area contributed by atoms with Crippen LogP contribution < -0.4 is 4.74 Å². The lowest BCUT2D eigenvalue weighted by atomic mass is 10.0. The molecule has 1 fully saturated rings. The lowest BCUT2D eigenvalue weighted by Gasteiger charge is -2.23. The van der Waals surface area contributed by atoms with E-state index in [0.29, 0.717) is 0 Å². The highest BCUT2D eigenvalue weighted by atomic mass is 127. The lowest BCUT2D eigenvalue weighted by molar-refractivity contribution is 0.0255. The molecule has 0 spiro atoms. The van der Waals surface area contributed by atoms with Gasteiger partial charge in [0.1, 0.15) is 11.9 Å². The molecule has 0 bridgehead atoms. The highest BCUT2D eigenvalue weighted by Crippen LogP contribution is 2.24. The maximum absolute atomic E-state index is 6.27. The van der Waals surface area contributed by atoms with Gasteiger partial charge in [-0.1, -0.05) is 23.7 Å². The van der Waals surface area contributed by atoms with Gasteiger partial charge in [0.05, 0.1) is 13.2 Å². The summed E-state index contributed by atoms with van der Waals surface area (Å²) in [6, 6.07) is 14.4. The van der Waals surface area contributed by atoms with Crippen LogP contribution in [0.4, 0.5) is 0 Å². The van der Waals surface area contributed by atoms with Gasteiger partial charge in [0.2, 0.25) is 0 Å². The first kappa shape index (κ1) is 16.1. The van der Waals surface area contributed by atoms with E-state index in [1.54, 1.807) is 0 Å². The van der Waals surface area contributed by atoms with Crippen molar-refractivity contribution in [3.8, 4) is 5.75 Å². The van der Waals surface area contributed by atoms with Crippen molar-refractivity contribution in [3.63, 3.8) is 0 Å². The first-order valence-electron chi connectivity index (χ1n) is 7.48. The number of rotatable bonds is 4. The molecular formula is C18H18ClIO2. The van der Waals surface area contributed by atoms with Crippen molar-refractivity contribution >= 4 is 34.2 Å². The molecule has 3 rings (SSSR count). The Hall–Kier alpha value is -0.780. The van der Waals surface area contributed by atoms with Gasteiger partial charge < -0.3 is 9.47 Å². The molecule has 1 aliphatic rings. The molecular weight excluding hydrogens is 411 g/mol. The fraction of sp³-hybridized carbons (Fsp3) is 0.333. The van der Waals surface area contributed by atoms with Crippen LogP contribution in [0.1, 0.15) is 24.0 Å². The molecule has 0 N–H and O–H groups in total. The fourth-order valence-corrected chi connectivity index (χ4v) is 3.31. The highest BCUT2D eigenvalue weighted by molar-refractivity contribution is 14.1. The van der Waals surface area contributed by atoms with Crippen molar-refractivity contribution in [1.82, 2.24) is 0 Å². The number of halogens is 2. The van der Waals surface area contributed by atoms with Crippen LogP contribution in [0.15, 0.2) is 42.5 Å². The summed E-state index contributed by atoms with van der Waals surface area (Å²) in [5, 5.41) is 0.822. The van der Waals surface area contributed by atoms with Gasteiger partial charge in [-0.05, 0) is 70.5 Å². The Labute approximate surface area is 149 Å². The number of hydrogen-bond acceptors (Lipinski definition) is 2. The molecule has 4 heteroatoms. The summed E-state index contributed by atoms with van der Waals surface area (Å²) in [4.78, 5) is 0. The van der Waals surface area contributed by atoms with Crippen molar-refractivity contribution in [2.45, 2.75) is 25.4 Å². The second-order valence-corrected chi connectivity index (χ2v) is 7.14. The third-order valence-corrected chi connectivity index (χ3v) is 4.84. The van der Waals surface area contributed by atoms with Crippen LogP contribution in [0.25, 0.3) is 0 Å². The molecule has 2 aromatic rings. The Morgan fingerprint density at radius 1 is 1.09 bits per heavy atom. The first-order valence-corrected chi connectivity index (χ1v) is 8.93. The van der Waals surface area contributed by atoms with Crippen molar-refractivity contribution in [2.75, 3.05) is 13.2 Å². The number of benzene rings is 2. The molecule has 0 radical (unpaired) electrons. The van der Waals surface area contributed by atoms with E-state index >= 15 is 0 Å². The molecule has 0 atom stereocenters. The standard InChI is InChI=1S/C18H18ClIO2/c19-18-6-3-15(20)12-14(18)11-13-1-4-16(5-2-13)22-17-7-9-21-10-8-17/h1-6,12,17H,7-11H2. The molecule has 0 unspecified atom stereocenters. The van der Waals surface area contributed by atoms with Gasteiger partial charge >= 0.3 is 0 Å². The molecule has 1 aliphatic heterocycles. The van der Waals surface area contributed by atoms with Gasteiger partial charge in [-0.15, -0.1) is 0 Å². The monoisotopic (exact) mass is 428 g/mol. The molecule has 2 nitrogen and oxygen atoms in total. The largest absolute Gasteiger partial charge is 0.490 e. The molecule has 1 heterocycles. The Kier molecular flexibility index (Phi) is 5.61. The quantitative estimate of drug-likeness (QED) is 0.631. The van der Waals surface area contributed by atoms with Crippen LogP contribution in [0.2, 0.25) is 5.02 Å². The van der Waals surface area contributed by atoms with Crippen LogP contribution >= 0.6 is 34.2 Å². The minimum Gasteiger partial charge on any atom is -0.490 e. The molecule has 0 aromatic heterocycles. The van der Waals surface area contributed by atoms with E-state index in [9.17, 15) is 0 Å². The molecule has 0 aliphatic carbocycles. The molecule has 0 amide bonds. The summed E-state index contributed by atoms with van der Waals surface area (Å²) in [6.07, 6.45) is 3.07. The molecule has 2 aromatic carbocycles. The average molecular weight is 429 g/mol. The van der Waals surface area contributed by atoms with Gasteiger partial charge in [0, 0.05) is 21.4 Å². The smallest absolute Gasteiger partial charge is 0.119 e. The topological polar surface area (TPSA) is 18.5 Å². The number of hydrogen-bond donors (Lipinski definition) is 0. The fourth-order valence-electron chi connectivity index (χ4n) is 2.57. The summed E-state index contributed by atoms with van der Waals surface area (Å²) in [6.45, 7) is 1.60. The average Bonchev–Trinajstić information content (AvgIpc) is 2.54. The Morgan fingerprint density at radius 3 is 2.55 bits per heavy atom. The Balaban J connectivity index is 1.64. The van der Waals surface area contributed by atoms with Crippen LogP contribution in [-0.2, 0) is 11.2 Å². The first-order chi connectivity index (χ1) is 10.7.